The van der Waals surface area contributed by atoms with E-state index in [1.54, 1.807) is 6.92 Å². The third-order valence-electron chi connectivity index (χ3n) is 3.10. The van der Waals surface area contributed by atoms with Crippen LogP contribution in [-0.4, -0.2) is 32.6 Å². The van der Waals surface area contributed by atoms with Crippen molar-refractivity contribution in [2.45, 2.75) is 11.8 Å². The summed E-state index contributed by atoms with van der Waals surface area (Å²) in [4.78, 5) is 11.0. The van der Waals surface area contributed by atoms with Gasteiger partial charge >= 0.3 is 5.97 Å². The van der Waals surface area contributed by atoms with E-state index in [4.69, 9.17) is 9.84 Å². The second kappa shape index (κ2) is 7.31. The van der Waals surface area contributed by atoms with Crippen LogP contribution in [0, 0.1) is 5.82 Å². The van der Waals surface area contributed by atoms with Crippen molar-refractivity contribution < 1.29 is 27.4 Å². The molecule has 6 nitrogen and oxygen atoms in total. The number of hydrogen-bond donors (Lipinski definition) is 1. The zero-order valence-corrected chi connectivity index (χ0v) is 13.7. The van der Waals surface area contributed by atoms with Gasteiger partial charge in [-0.3, -0.25) is 9.10 Å². The van der Waals surface area contributed by atoms with Gasteiger partial charge in [0.1, 0.15) is 18.1 Å². The summed E-state index contributed by atoms with van der Waals surface area (Å²) >= 11 is 0. The number of carboxylic acid groups (broad SMARTS) is 1. The molecule has 0 unspecified atom stereocenters. The number of carboxylic acids is 1. The van der Waals surface area contributed by atoms with Crippen molar-refractivity contribution in [3.8, 4) is 5.75 Å². The van der Waals surface area contributed by atoms with Gasteiger partial charge in [-0.25, -0.2) is 12.8 Å². The second-order valence-corrected chi connectivity index (χ2v) is 6.65. The molecule has 0 radical (unpaired) electrons. The summed E-state index contributed by atoms with van der Waals surface area (Å²) in [7, 11) is -4.17. The first-order chi connectivity index (χ1) is 11.3. The van der Waals surface area contributed by atoms with E-state index in [1.807, 2.05) is 0 Å². The Kier molecular flexibility index (Phi) is 5.40. The summed E-state index contributed by atoms with van der Waals surface area (Å²) in [6, 6.07) is 10.3. The molecule has 1 N–H and O–H groups in total. The van der Waals surface area contributed by atoms with Crippen LogP contribution in [0.25, 0.3) is 0 Å². The van der Waals surface area contributed by atoms with Crippen LogP contribution in [0.4, 0.5) is 10.1 Å². The molecular weight excluding hydrogens is 337 g/mol. The Balaban J connectivity index is 2.45. The van der Waals surface area contributed by atoms with E-state index in [9.17, 15) is 17.6 Å². The van der Waals surface area contributed by atoms with Crippen molar-refractivity contribution in [3.05, 3.63) is 54.3 Å². The maximum absolute atomic E-state index is 13.4. The minimum Gasteiger partial charge on any atom is -0.494 e. The van der Waals surface area contributed by atoms with Crippen molar-refractivity contribution in [3.63, 3.8) is 0 Å². The van der Waals surface area contributed by atoms with Crippen molar-refractivity contribution in [2.75, 3.05) is 17.5 Å². The first-order valence-corrected chi connectivity index (χ1v) is 8.51. The topological polar surface area (TPSA) is 83.9 Å². The highest BCUT2D eigenvalue weighted by atomic mass is 32.2. The smallest absolute Gasteiger partial charge is 0.324 e. The number of nitrogens with zero attached hydrogens (tertiary/aromatic N) is 1. The lowest BCUT2D eigenvalue weighted by atomic mass is 10.3. The molecule has 0 aliphatic carbocycles. The quantitative estimate of drug-likeness (QED) is 0.827. The Morgan fingerprint density at radius 2 is 1.88 bits per heavy atom. The van der Waals surface area contributed by atoms with Gasteiger partial charge in [0.05, 0.1) is 17.2 Å². The lowest BCUT2D eigenvalue weighted by Crippen LogP contribution is -2.35. The summed E-state index contributed by atoms with van der Waals surface area (Å²) in [5.41, 5.74) is -0.0636. The van der Waals surface area contributed by atoms with Crippen LogP contribution < -0.4 is 9.04 Å². The lowest BCUT2D eigenvalue weighted by molar-refractivity contribution is -0.135. The van der Waals surface area contributed by atoms with Crippen molar-refractivity contribution >= 4 is 21.7 Å². The molecule has 0 spiro atoms. The zero-order valence-electron chi connectivity index (χ0n) is 12.8. The van der Waals surface area contributed by atoms with Gasteiger partial charge in [-0.1, -0.05) is 6.07 Å². The monoisotopic (exact) mass is 353 g/mol. The Labute approximate surface area is 139 Å². The summed E-state index contributed by atoms with van der Waals surface area (Å²) in [6.45, 7) is 1.41. The molecule has 0 aliphatic rings. The number of anilines is 1. The highest BCUT2D eigenvalue weighted by Gasteiger charge is 2.27. The first-order valence-electron chi connectivity index (χ1n) is 7.07. The van der Waals surface area contributed by atoms with Gasteiger partial charge in [0.2, 0.25) is 0 Å². The third kappa shape index (κ3) is 4.02. The van der Waals surface area contributed by atoms with Crippen LogP contribution in [0.2, 0.25) is 0 Å². The molecule has 2 aromatic rings. The average Bonchev–Trinajstić information content (AvgIpc) is 2.53. The second-order valence-electron chi connectivity index (χ2n) is 4.79. The predicted molar refractivity (Wildman–Crippen MR) is 86.2 cm³/mol. The van der Waals surface area contributed by atoms with Gasteiger partial charge in [0.15, 0.2) is 0 Å². The summed E-state index contributed by atoms with van der Waals surface area (Å²) in [5, 5.41) is 9.02. The molecule has 0 bridgehead atoms. The van der Waals surface area contributed by atoms with E-state index in [0.717, 1.165) is 12.1 Å². The standard InChI is InChI=1S/C16H16FNO5S/c1-2-23-14-6-8-15(9-7-14)24(21,22)18(11-16(19)20)13-5-3-4-12(17)10-13/h3-10H,2,11H2,1H3,(H,19,20). The van der Waals surface area contributed by atoms with E-state index in [2.05, 4.69) is 0 Å². The number of sulfonamides is 1. The first kappa shape index (κ1) is 17.7. The maximum atomic E-state index is 13.4. The van der Waals surface area contributed by atoms with E-state index in [0.29, 0.717) is 16.7 Å². The summed E-state index contributed by atoms with van der Waals surface area (Å²) in [5.74, 6) is -1.52. The molecule has 2 rings (SSSR count). The van der Waals surface area contributed by atoms with E-state index in [-0.39, 0.29) is 10.6 Å². The molecule has 0 saturated heterocycles. The van der Waals surface area contributed by atoms with Gasteiger partial charge < -0.3 is 9.84 Å². The number of hydrogen-bond acceptors (Lipinski definition) is 4. The van der Waals surface area contributed by atoms with E-state index < -0.39 is 28.4 Å². The molecule has 2 aromatic carbocycles. The van der Waals surface area contributed by atoms with E-state index in [1.165, 1.54) is 36.4 Å². The van der Waals surface area contributed by atoms with Crippen molar-refractivity contribution in [1.29, 1.82) is 0 Å². The Hall–Kier alpha value is -2.61. The fourth-order valence-electron chi connectivity index (χ4n) is 2.07. The highest BCUT2D eigenvalue weighted by molar-refractivity contribution is 7.92. The van der Waals surface area contributed by atoms with Gasteiger partial charge in [0.25, 0.3) is 10.0 Å². The van der Waals surface area contributed by atoms with Gasteiger partial charge in [-0.05, 0) is 49.4 Å². The maximum Gasteiger partial charge on any atom is 0.324 e. The van der Waals surface area contributed by atoms with Crippen molar-refractivity contribution in [1.82, 2.24) is 0 Å². The molecule has 0 aliphatic heterocycles. The van der Waals surface area contributed by atoms with Crippen LogP contribution in [0.3, 0.4) is 0 Å². The molecule has 128 valence electrons. The molecular formula is C16H16FNO5S. The third-order valence-corrected chi connectivity index (χ3v) is 4.89. The number of benzene rings is 2. The molecule has 24 heavy (non-hydrogen) atoms. The normalized spacial score (nSPS) is 11.1. The van der Waals surface area contributed by atoms with Crippen LogP contribution in [-0.2, 0) is 14.8 Å². The van der Waals surface area contributed by atoms with Gasteiger partial charge in [-0.15, -0.1) is 0 Å². The minimum atomic E-state index is -4.17. The number of rotatable bonds is 7. The van der Waals surface area contributed by atoms with Gasteiger partial charge in [-0.2, -0.15) is 0 Å². The Morgan fingerprint density at radius 3 is 2.42 bits per heavy atom. The van der Waals surface area contributed by atoms with Gasteiger partial charge in [0, 0.05) is 0 Å². The van der Waals surface area contributed by atoms with Crippen LogP contribution in [0.1, 0.15) is 6.92 Å². The molecule has 0 amide bonds. The zero-order chi connectivity index (χ0) is 17.7. The number of ether oxygens (including phenoxy) is 1. The number of halogens is 1. The largest absolute Gasteiger partial charge is 0.494 e. The Bertz CT molecular complexity index is 821. The molecule has 8 heteroatoms. The molecule has 0 heterocycles. The summed E-state index contributed by atoms with van der Waals surface area (Å²) < 4.78 is 44.8. The highest BCUT2D eigenvalue weighted by Crippen LogP contribution is 2.25. The van der Waals surface area contributed by atoms with Crippen molar-refractivity contribution in [2.24, 2.45) is 0 Å². The fourth-order valence-corrected chi connectivity index (χ4v) is 3.48. The predicted octanol–water partition coefficient (Wildman–Crippen LogP) is 2.50. The molecule has 0 aromatic heterocycles. The number of carbonyl (C=O) groups is 1. The molecule has 0 atom stereocenters. The van der Waals surface area contributed by atoms with E-state index >= 15 is 0 Å². The SMILES string of the molecule is CCOc1ccc(S(=O)(=O)N(CC(=O)O)c2cccc(F)c2)cc1. The number of aliphatic carboxylic acids is 1. The fraction of sp³-hybridized carbons (Fsp3) is 0.188. The van der Waals surface area contributed by atoms with Crippen LogP contribution in [0.15, 0.2) is 53.4 Å². The van der Waals surface area contributed by atoms with Crippen LogP contribution in [0.5, 0.6) is 5.75 Å². The molecule has 0 fully saturated rings. The lowest BCUT2D eigenvalue weighted by Gasteiger charge is -2.22. The average molecular weight is 353 g/mol. The minimum absolute atomic E-state index is 0.0636. The summed E-state index contributed by atoms with van der Waals surface area (Å²) in [6.07, 6.45) is 0. The Morgan fingerprint density at radius 1 is 1.21 bits per heavy atom. The molecule has 0 saturated carbocycles. The van der Waals surface area contributed by atoms with Crippen LogP contribution >= 0.6 is 0 Å².